The molecule has 1 aromatic heterocycles. The van der Waals surface area contributed by atoms with Gasteiger partial charge in [0.2, 0.25) is 5.95 Å². The van der Waals surface area contributed by atoms with Crippen LogP contribution < -0.4 is 5.32 Å². The van der Waals surface area contributed by atoms with Gasteiger partial charge in [-0.2, -0.15) is 13.2 Å². The highest BCUT2D eigenvalue weighted by molar-refractivity contribution is 5.28. The highest BCUT2D eigenvalue weighted by Gasteiger charge is 2.39. The molecule has 2 fully saturated rings. The minimum absolute atomic E-state index is 0.0488. The van der Waals surface area contributed by atoms with E-state index in [0.717, 1.165) is 50.8 Å². The summed E-state index contributed by atoms with van der Waals surface area (Å²) >= 11 is 0. The maximum absolute atomic E-state index is 12.7. The van der Waals surface area contributed by atoms with Gasteiger partial charge < -0.3 is 10.1 Å². The largest absolute Gasteiger partial charge is 0.433 e. The van der Waals surface area contributed by atoms with Crippen LogP contribution in [0.15, 0.2) is 12.3 Å². The van der Waals surface area contributed by atoms with Crippen molar-refractivity contribution in [1.29, 1.82) is 0 Å². The van der Waals surface area contributed by atoms with Crippen LogP contribution in [0.5, 0.6) is 0 Å². The summed E-state index contributed by atoms with van der Waals surface area (Å²) in [5.74, 6) is 0.0488. The monoisotopic (exact) mass is 315 g/mol. The van der Waals surface area contributed by atoms with Gasteiger partial charge in [-0.25, -0.2) is 9.97 Å². The van der Waals surface area contributed by atoms with E-state index in [0.29, 0.717) is 6.61 Å². The van der Waals surface area contributed by atoms with Gasteiger partial charge in [-0.3, -0.25) is 0 Å². The van der Waals surface area contributed by atoms with Gasteiger partial charge in [-0.05, 0) is 31.7 Å². The number of hydrogen-bond acceptors (Lipinski definition) is 4. The van der Waals surface area contributed by atoms with E-state index in [4.69, 9.17) is 4.74 Å². The summed E-state index contributed by atoms with van der Waals surface area (Å²) in [5, 5.41) is 3.06. The summed E-state index contributed by atoms with van der Waals surface area (Å²) in [5.41, 5.74) is -1.01. The topological polar surface area (TPSA) is 47.0 Å². The lowest BCUT2D eigenvalue weighted by Gasteiger charge is -2.43. The number of halogens is 3. The van der Waals surface area contributed by atoms with Crippen LogP contribution in [0.3, 0.4) is 0 Å². The third kappa shape index (κ3) is 3.51. The second-order valence-corrected chi connectivity index (χ2v) is 6.19. The predicted octanol–water partition coefficient (Wildman–Crippen LogP) is 3.79. The van der Waals surface area contributed by atoms with Gasteiger partial charge in [-0.15, -0.1) is 0 Å². The zero-order valence-corrected chi connectivity index (χ0v) is 12.3. The molecule has 1 saturated heterocycles. The molecule has 22 heavy (non-hydrogen) atoms. The Morgan fingerprint density at radius 2 is 2.00 bits per heavy atom. The maximum atomic E-state index is 12.7. The third-order valence-corrected chi connectivity index (χ3v) is 4.54. The van der Waals surface area contributed by atoms with Crippen molar-refractivity contribution in [3.8, 4) is 0 Å². The molecule has 0 bridgehead atoms. The highest BCUT2D eigenvalue weighted by atomic mass is 19.4. The van der Waals surface area contributed by atoms with E-state index < -0.39 is 11.9 Å². The average Bonchev–Trinajstić information content (AvgIpc) is 2.47. The highest BCUT2D eigenvalue weighted by Crippen LogP contribution is 2.39. The number of nitrogens with zero attached hydrogens (tertiary/aromatic N) is 2. The molecule has 2 heterocycles. The summed E-state index contributed by atoms with van der Waals surface area (Å²) in [4.78, 5) is 7.50. The molecule has 1 atom stereocenters. The van der Waals surface area contributed by atoms with Crippen LogP contribution in [0.2, 0.25) is 0 Å². The first-order valence-electron chi connectivity index (χ1n) is 7.78. The van der Waals surface area contributed by atoms with Gasteiger partial charge in [0.15, 0.2) is 0 Å². The normalized spacial score (nSPS) is 25.1. The number of nitrogens with one attached hydrogen (secondary N) is 1. The lowest BCUT2D eigenvalue weighted by molar-refractivity contribution is -0.141. The molecule has 1 saturated carbocycles. The molecular formula is C15H20F3N3O. The third-order valence-electron chi connectivity index (χ3n) is 4.54. The van der Waals surface area contributed by atoms with E-state index in [1.165, 1.54) is 6.42 Å². The first kappa shape index (κ1) is 15.5. The van der Waals surface area contributed by atoms with Crippen molar-refractivity contribution >= 4 is 5.95 Å². The van der Waals surface area contributed by atoms with Crippen molar-refractivity contribution in [2.24, 2.45) is 0 Å². The predicted molar refractivity (Wildman–Crippen MR) is 75.4 cm³/mol. The average molecular weight is 315 g/mol. The van der Waals surface area contributed by atoms with Gasteiger partial charge >= 0.3 is 6.18 Å². The number of alkyl halides is 3. The first-order chi connectivity index (χ1) is 10.5. The fourth-order valence-electron chi connectivity index (χ4n) is 3.46. The Kier molecular flexibility index (Phi) is 4.25. The molecule has 1 N–H and O–H groups in total. The zero-order valence-electron chi connectivity index (χ0n) is 12.3. The van der Waals surface area contributed by atoms with Crippen molar-refractivity contribution < 1.29 is 17.9 Å². The van der Waals surface area contributed by atoms with E-state index >= 15 is 0 Å². The van der Waals surface area contributed by atoms with Crippen molar-refractivity contribution in [2.75, 3.05) is 11.9 Å². The number of anilines is 1. The van der Waals surface area contributed by atoms with E-state index in [1.807, 2.05) is 0 Å². The lowest BCUT2D eigenvalue weighted by Crippen LogP contribution is -2.45. The lowest BCUT2D eigenvalue weighted by atomic mass is 9.78. The van der Waals surface area contributed by atoms with Gasteiger partial charge in [0.05, 0.1) is 5.60 Å². The fourth-order valence-corrected chi connectivity index (χ4v) is 3.46. The molecule has 3 rings (SSSR count). The van der Waals surface area contributed by atoms with Crippen molar-refractivity contribution in [3.63, 3.8) is 0 Å². The summed E-state index contributed by atoms with van der Waals surface area (Å²) in [7, 11) is 0. The molecule has 1 spiro atoms. The number of rotatable bonds is 2. The van der Waals surface area contributed by atoms with Gasteiger partial charge in [-0.1, -0.05) is 19.3 Å². The first-order valence-corrected chi connectivity index (χ1v) is 7.78. The Morgan fingerprint density at radius 1 is 1.23 bits per heavy atom. The second kappa shape index (κ2) is 6.02. The summed E-state index contributed by atoms with van der Waals surface area (Å²) < 4.78 is 44.1. The summed E-state index contributed by atoms with van der Waals surface area (Å²) in [6.45, 7) is 0.636. The number of aromatic nitrogens is 2. The van der Waals surface area contributed by atoms with Crippen LogP contribution in [0.1, 0.15) is 50.6 Å². The van der Waals surface area contributed by atoms with Gasteiger partial charge in [0.25, 0.3) is 0 Å². The summed E-state index contributed by atoms with van der Waals surface area (Å²) in [6.07, 6.45) is 3.91. The molecule has 0 amide bonds. The molecule has 1 aromatic rings. The molecule has 0 radical (unpaired) electrons. The fraction of sp³-hybridized carbons (Fsp3) is 0.733. The molecule has 0 aromatic carbocycles. The minimum Gasteiger partial charge on any atom is -0.375 e. The summed E-state index contributed by atoms with van der Waals surface area (Å²) in [6, 6.07) is 0.952. The zero-order chi connectivity index (χ0) is 15.6. The molecule has 7 heteroatoms. The quantitative estimate of drug-likeness (QED) is 0.902. The Balaban J connectivity index is 1.68. The van der Waals surface area contributed by atoms with Crippen LogP contribution >= 0.6 is 0 Å². The molecule has 1 unspecified atom stereocenters. The molecular weight excluding hydrogens is 295 g/mol. The van der Waals surface area contributed by atoms with Gasteiger partial charge in [0.1, 0.15) is 5.69 Å². The van der Waals surface area contributed by atoms with E-state index in [9.17, 15) is 13.2 Å². The van der Waals surface area contributed by atoms with Crippen molar-refractivity contribution in [1.82, 2.24) is 9.97 Å². The van der Waals surface area contributed by atoms with Crippen molar-refractivity contribution in [3.05, 3.63) is 18.0 Å². The van der Waals surface area contributed by atoms with E-state index in [1.54, 1.807) is 0 Å². The smallest absolute Gasteiger partial charge is 0.375 e. The Bertz CT molecular complexity index is 509. The SMILES string of the molecule is FC(F)(F)c1ccnc(NC2CCOC3(CCCCC3)C2)n1. The second-order valence-electron chi connectivity index (χ2n) is 6.19. The minimum atomic E-state index is -4.44. The van der Waals surface area contributed by atoms with E-state index in [2.05, 4.69) is 15.3 Å². The van der Waals surface area contributed by atoms with Crippen LogP contribution in [0.4, 0.5) is 19.1 Å². The number of hydrogen-bond donors (Lipinski definition) is 1. The van der Waals surface area contributed by atoms with Crippen molar-refractivity contribution in [2.45, 2.75) is 62.8 Å². The Hall–Kier alpha value is -1.37. The molecule has 4 nitrogen and oxygen atoms in total. The van der Waals surface area contributed by atoms with E-state index in [-0.39, 0.29) is 17.6 Å². The van der Waals surface area contributed by atoms with Gasteiger partial charge in [0, 0.05) is 18.8 Å². The van der Waals surface area contributed by atoms with Crippen LogP contribution in [-0.2, 0) is 10.9 Å². The van der Waals surface area contributed by atoms with Crippen LogP contribution in [-0.4, -0.2) is 28.2 Å². The van der Waals surface area contributed by atoms with Crippen LogP contribution in [0.25, 0.3) is 0 Å². The Morgan fingerprint density at radius 3 is 2.73 bits per heavy atom. The number of ether oxygens (including phenoxy) is 1. The maximum Gasteiger partial charge on any atom is 0.433 e. The van der Waals surface area contributed by atoms with Crippen LogP contribution in [0, 0.1) is 0 Å². The Labute approximate surface area is 127 Å². The molecule has 122 valence electrons. The molecule has 2 aliphatic rings. The molecule has 1 aliphatic carbocycles. The molecule has 1 aliphatic heterocycles. The standard InChI is InChI=1S/C15H20F3N3O/c16-15(17,18)12-4-8-19-13(21-12)20-11-5-9-22-14(10-11)6-2-1-3-7-14/h4,8,11H,1-3,5-7,9-10H2,(H,19,20,21).